The summed E-state index contributed by atoms with van der Waals surface area (Å²) in [5.74, 6) is -2.32. The Bertz CT molecular complexity index is 652. The number of likely N-dealkylation sites (tertiary alicyclic amines) is 2. The van der Waals surface area contributed by atoms with Crippen LogP contribution in [0, 0.1) is 5.92 Å². The van der Waals surface area contributed by atoms with Crippen LogP contribution in [0.15, 0.2) is 11.6 Å². The predicted molar refractivity (Wildman–Crippen MR) is 94.2 cm³/mol. The molecule has 1 aromatic rings. The van der Waals surface area contributed by atoms with E-state index >= 15 is 0 Å². The molecule has 1 amide bonds. The standard InChI is InChI=1S/C15H23N3OS.C2HF3O2/c1-12(2)14(19)18-8-5-15(18)4-3-7-17(11-15)10-13-16-6-9-20-13;3-2(4,5)1(6)7/h6,9,12H,3-5,7-8,10-11H2,1-2H3;(H,6,7). The molecule has 27 heavy (non-hydrogen) atoms. The molecule has 10 heteroatoms. The number of carboxylic acid groups (broad SMARTS) is 1. The van der Waals surface area contributed by atoms with E-state index in [1.807, 2.05) is 25.4 Å². The fourth-order valence-corrected chi connectivity index (χ4v) is 4.14. The number of carboxylic acids is 1. The first-order valence-corrected chi connectivity index (χ1v) is 9.65. The predicted octanol–water partition coefficient (Wildman–Crippen LogP) is 3.00. The van der Waals surface area contributed by atoms with Gasteiger partial charge >= 0.3 is 12.1 Å². The van der Waals surface area contributed by atoms with Crippen LogP contribution in [0.4, 0.5) is 13.2 Å². The van der Waals surface area contributed by atoms with Gasteiger partial charge in [0, 0.05) is 30.6 Å². The highest BCUT2D eigenvalue weighted by atomic mass is 32.1. The average Bonchev–Trinajstić information content (AvgIpc) is 3.06. The van der Waals surface area contributed by atoms with Crippen LogP contribution in [0.25, 0.3) is 0 Å². The third-order valence-corrected chi connectivity index (χ3v) is 5.62. The van der Waals surface area contributed by atoms with Gasteiger partial charge in [-0.25, -0.2) is 9.78 Å². The van der Waals surface area contributed by atoms with E-state index in [0.717, 1.165) is 26.2 Å². The lowest BCUT2D eigenvalue weighted by atomic mass is 9.77. The lowest BCUT2D eigenvalue weighted by Crippen LogP contribution is -2.68. The van der Waals surface area contributed by atoms with Gasteiger partial charge in [0.1, 0.15) is 5.01 Å². The van der Waals surface area contributed by atoms with Gasteiger partial charge in [-0.2, -0.15) is 13.2 Å². The molecule has 2 aliphatic rings. The first-order chi connectivity index (χ1) is 12.5. The maximum Gasteiger partial charge on any atom is 0.490 e. The molecule has 3 rings (SSSR count). The van der Waals surface area contributed by atoms with Crippen molar-refractivity contribution < 1.29 is 27.9 Å². The van der Waals surface area contributed by atoms with Gasteiger partial charge in [-0.3, -0.25) is 9.69 Å². The number of carbonyl (C=O) groups excluding carboxylic acids is 1. The van der Waals surface area contributed by atoms with Gasteiger partial charge in [-0.05, 0) is 25.8 Å². The molecular weight excluding hydrogens is 383 g/mol. The number of aliphatic carboxylic acids is 1. The number of hydrogen-bond donors (Lipinski definition) is 1. The van der Waals surface area contributed by atoms with Crippen molar-refractivity contribution in [1.82, 2.24) is 14.8 Å². The number of hydrogen-bond acceptors (Lipinski definition) is 5. The summed E-state index contributed by atoms with van der Waals surface area (Å²) in [6.45, 7) is 8.04. The van der Waals surface area contributed by atoms with Crippen molar-refractivity contribution in [2.75, 3.05) is 19.6 Å². The Kier molecular flexibility index (Phi) is 6.85. The van der Waals surface area contributed by atoms with E-state index in [-0.39, 0.29) is 11.5 Å². The summed E-state index contributed by atoms with van der Waals surface area (Å²) < 4.78 is 31.7. The zero-order valence-corrected chi connectivity index (χ0v) is 16.1. The Morgan fingerprint density at radius 3 is 2.44 bits per heavy atom. The van der Waals surface area contributed by atoms with E-state index < -0.39 is 12.1 Å². The molecule has 1 aromatic heterocycles. The second-order valence-electron chi connectivity index (χ2n) is 7.16. The summed E-state index contributed by atoms with van der Waals surface area (Å²) >= 11 is 1.72. The van der Waals surface area contributed by atoms with Crippen LogP contribution in [0.5, 0.6) is 0 Å². The van der Waals surface area contributed by atoms with Crippen molar-refractivity contribution in [3.05, 3.63) is 16.6 Å². The third-order valence-electron chi connectivity index (χ3n) is 4.85. The number of aromatic nitrogens is 1. The van der Waals surface area contributed by atoms with Crippen molar-refractivity contribution in [3.63, 3.8) is 0 Å². The van der Waals surface area contributed by atoms with Crippen LogP contribution in [-0.2, 0) is 16.1 Å². The number of thiazole rings is 1. The topological polar surface area (TPSA) is 73.7 Å². The monoisotopic (exact) mass is 407 g/mol. The van der Waals surface area contributed by atoms with E-state index in [0.29, 0.717) is 5.91 Å². The molecule has 0 aliphatic carbocycles. The molecular formula is C17H24F3N3O3S. The van der Waals surface area contributed by atoms with Crippen LogP contribution in [0.2, 0.25) is 0 Å². The minimum Gasteiger partial charge on any atom is -0.475 e. The number of halogens is 3. The van der Waals surface area contributed by atoms with E-state index in [1.165, 1.54) is 24.3 Å². The minimum atomic E-state index is -5.08. The van der Waals surface area contributed by atoms with Crippen LogP contribution in [-0.4, -0.2) is 63.1 Å². The van der Waals surface area contributed by atoms with Gasteiger partial charge < -0.3 is 10.0 Å². The fraction of sp³-hybridized carbons (Fsp3) is 0.706. The Morgan fingerprint density at radius 2 is 2.00 bits per heavy atom. The maximum atomic E-state index is 12.3. The van der Waals surface area contributed by atoms with Gasteiger partial charge in [0.15, 0.2) is 0 Å². The molecule has 0 saturated carbocycles. The van der Waals surface area contributed by atoms with Crippen LogP contribution >= 0.6 is 11.3 Å². The van der Waals surface area contributed by atoms with Gasteiger partial charge in [0.05, 0.1) is 12.1 Å². The van der Waals surface area contributed by atoms with Crippen molar-refractivity contribution >= 4 is 23.2 Å². The molecule has 6 nitrogen and oxygen atoms in total. The Hall–Kier alpha value is -1.68. The van der Waals surface area contributed by atoms with E-state index in [4.69, 9.17) is 9.90 Å². The molecule has 1 unspecified atom stereocenters. The van der Waals surface area contributed by atoms with Crippen molar-refractivity contribution in [2.45, 2.75) is 51.4 Å². The number of carbonyl (C=O) groups is 2. The van der Waals surface area contributed by atoms with E-state index in [9.17, 15) is 18.0 Å². The molecule has 152 valence electrons. The van der Waals surface area contributed by atoms with E-state index in [2.05, 4.69) is 14.8 Å². The summed E-state index contributed by atoms with van der Waals surface area (Å²) in [5, 5.41) is 10.3. The first-order valence-electron chi connectivity index (χ1n) is 8.77. The number of amides is 1. The molecule has 2 fully saturated rings. The van der Waals surface area contributed by atoms with Crippen molar-refractivity contribution in [2.24, 2.45) is 5.92 Å². The molecule has 1 atom stereocenters. The van der Waals surface area contributed by atoms with Crippen LogP contribution < -0.4 is 0 Å². The highest BCUT2D eigenvalue weighted by Gasteiger charge is 2.49. The van der Waals surface area contributed by atoms with Crippen LogP contribution in [0.3, 0.4) is 0 Å². The normalized spacial score (nSPS) is 23.0. The first kappa shape index (κ1) is 21.6. The Labute approximate surface area is 160 Å². The van der Waals surface area contributed by atoms with Gasteiger partial charge in [-0.15, -0.1) is 11.3 Å². The highest BCUT2D eigenvalue weighted by molar-refractivity contribution is 7.09. The van der Waals surface area contributed by atoms with Crippen LogP contribution in [0.1, 0.15) is 38.1 Å². The minimum absolute atomic E-state index is 0.113. The molecule has 2 saturated heterocycles. The molecule has 0 radical (unpaired) electrons. The number of alkyl halides is 3. The van der Waals surface area contributed by atoms with Crippen molar-refractivity contribution in [1.29, 1.82) is 0 Å². The summed E-state index contributed by atoms with van der Waals surface area (Å²) in [4.78, 5) is 30.2. The Balaban J connectivity index is 0.000000321. The van der Waals surface area contributed by atoms with Gasteiger partial charge in [0.25, 0.3) is 0 Å². The van der Waals surface area contributed by atoms with Gasteiger partial charge in [0.2, 0.25) is 5.91 Å². The summed E-state index contributed by atoms with van der Waals surface area (Å²) in [6, 6.07) is 0. The van der Waals surface area contributed by atoms with E-state index in [1.54, 1.807) is 11.3 Å². The summed E-state index contributed by atoms with van der Waals surface area (Å²) in [6.07, 6.45) is 0.310. The Morgan fingerprint density at radius 1 is 1.33 bits per heavy atom. The van der Waals surface area contributed by atoms with Crippen molar-refractivity contribution in [3.8, 4) is 0 Å². The lowest BCUT2D eigenvalue weighted by molar-refractivity contribution is -0.192. The number of nitrogens with zero attached hydrogens (tertiary/aromatic N) is 3. The summed E-state index contributed by atoms with van der Waals surface area (Å²) in [5.41, 5.74) is 0.122. The molecule has 3 heterocycles. The number of rotatable bonds is 3. The molecule has 0 aromatic carbocycles. The molecule has 0 bridgehead atoms. The average molecular weight is 407 g/mol. The zero-order chi connectivity index (χ0) is 20.2. The van der Waals surface area contributed by atoms with Gasteiger partial charge in [-0.1, -0.05) is 13.8 Å². The quantitative estimate of drug-likeness (QED) is 0.834. The summed E-state index contributed by atoms with van der Waals surface area (Å²) in [7, 11) is 0. The molecule has 1 N–H and O–H groups in total. The lowest BCUT2D eigenvalue weighted by Gasteiger charge is -2.57. The molecule has 1 spiro atoms. The SMILES string of the molecule is CC(C)C(=O)N1CCC12CCCN(Cc1nccs1)C2.O=C(O)C(F)(F)F. The largest absolute Gasteiger partial charge is 0.490 e. The maximum absolute atomic E-state index is 12.3. The zero-order valence-electron chi connectivity index (χ0n) is 15.3. The fourth-order valence-electron chi connectivity index (χ4n) is 3.48. The second-order valence-corrected chi connectivity index (χ2v) is 8.14. The highest BCUT2D eigenvalue weighted by Crippen LogP contribution is 2.39. The smallest absolute Gasteiger partial charge is 0.475 e. The number of piperidine rings is 1. The molecule has 2 aliphatic heterocycles. The third kappa shape index (κ3) is 5.41. The second kappa shape index (κ2) is 8.55.